The third kappa shape index (κ3) is 2.21. The van der Waals surface area contributed by atoms with E-state index < -0.39 is 5.97 Å². The molecule has 0 amide bonds. The number of carboxylic acids is 1. The number of nitrogens with zero attached hydrogens (tertiary/aromatic N) is 1. The third-order valence-electron chi connectivity index (χ3n) is 2.36. The van der Waals surface area contributed by atoms with Crippen LogP contribution in [0.1, 0.15) is 6.42 Å². The number of aliphatic carboxylic acids is 1. The zero-order valence-electron chi connectivity index (χ0n) is 8.35. The summed E-state index contributed by atoms with van der Waals surface area (Å²) >= 11 is 0. The van der Waals surface area contributed by atoms with E-state index >= 15 is 0 Å². The van der Waals surface area contributed by atoms with Gasteiger partial charge in [0.1, 0.15) is 12.3 Å². The number of carboxylic acid groups (broad SMARTS) is 1. The largest absolute Gasteiger partial charge is 0.491 e. The lowest BCUT2D eigenvalue weighted by Crippen LogP contribution is -2.30. The number of ether oxygens (including phenoxy) is 1. The molecular formula is C11H13NO3. The molecule has 0 aliphatic carbocycles. The molecule has 0 aromatic heterocycles. The van der Waals surface area contributed by atoms with Crippen LogP contribution in [0.3, 0.4) is 0 Å². The van der Waals surface area contributed by atoms with Crippen molar-refractivity contribution in [3.8, 4) is 5.75 Å². The zero-order valence-corrected chi connectivity index (χ0v) is 8.35. The molecule has 0 saturated carbocycles. The number of carbonyl (C=O) groups is 1. The summed E-state index contributed by atoms with van der Waals surface area (Å²) in [4.78, 5) is 12.5. The van der Waals surface area contributed by atoms with Gasteiger partial charge < -0.3 is 14.7 Å². The maximum Gasteiger partial charge on any atom is 0.323 e. The van der Waals surface area contributed by atoms with Crippen LogP contribution in [0.2, 0.25) is 0 Å². The number of rotatable bonds is 2. The van der Waals surface area contributed by atoms with E-state index in [0.29, 0.717) is 6.61 Å². The van der Waals surface area contributed by atoms with Crippen molar-refractivity contribution in [2.75, 3.05) is 24.6 Å². The van der Waals surface area contributed by atoms with Gasteiger partial charge in [-0.15, -0.1) is 0 Å². The molecule has 1 aromatic carbocycles. The summed E-state index contributed by atoms with van der Waals surface area (Å²) in [6, 6.07) is 7.55. The third-order valence-corrected chi connectivity index (χ3v) is 2.36. The van der Waals surface area contributed by atoms with E-state index in [1.165, 1.54) is 0 Å². The van der Waals surface area contributed by atoms with Crippen LogP contribution in [-0.2, 0) is 4.79 Å². The monoisotopic (exact) mass is 207 g/mol. The molecule has 0 atom stereocenters. The Morgan fingerprint density at radius 3 is 3.07 bits per heavy atom. The Bertz CT molecular complexity index is 365. The fourth-order valence-electron chi connectivity index (χ4n) is 1.73. The normalized spacial score (nSPS) is 15.1. The first-order chi connectivity index (χ1) is 7.27. The highest BCUT2D eigenvalue weighted by atomic mass is 16.5. The van der Waals surface area contributed by atoms with Crippen molar-refractivity contribution >= 4 is 11.7 Å². The average molecular weight is 207 g/mol. The number of fused-ring (bicyclic) bond motifs is 1. The van der Waals surface area contributed by atoms with Crippen LogP contribution < -0.4 is 9.64 Å². The topological polar surface area (TPSA) is 49.8 Å². The SMILES string of the molecule is O=C(O)CN1CCCOc2ccccc21. The Kier molecular flexibility index (Phi) is 2.76. The Morgan fingerprint density at radius 2 is 2.27 bits per heavy atom. The van der Waals surface area contributed by atoms with Crippen molar-refractivity contribution in [3.63, 3.8) is 0 Å². The lowest BCUT2D eigenvalue weighted by molar-refractivity contribution is -0.135. The molecule has 0 bridgehead atoms. The van der Waals surface area contributed by atoms with Crippen LogP contribution in [0, 0.1) is 0 Å². The molecule has 1 N–H and O–H groups in total. The van der Waals surface area contributed by atoms with Gasteiger partial charge in [0.25, 0.3) is 0 Å². The molecular weight excluding hydrogens is 194 g/mol. The van der Waals surface area contributed by atoms with Crippen LogP contribution in [0.15, 0.2) is 24.3 Å². The summed E-state index contributed by atoms with van der Waals surface area (Å²) in [5, 5.41) is 8.80. The van der Waals surface area contributed by atoms with Gasteiger partial charge >= 0.3 is 5.97 Å². The predicted molar refractivity (Wildman–Crippen MR) is 56.4 cm³/mol. The van der Waals surface area contributed by atoms with Gasteiger partial charge in [-0.05, 0) is 18.6 Å². The van der Waals surface area contributed by atoms with Gasteiger partial charge in [-0.2, -0.15) is 0 Å². The first kappa shape index (κ1) is 9.83. The molecule has 4 nitrogen and oxygen atoms in total. The van der Waals surface area contributed by atoms with Gasteiger partial charge in [0.2, 0.25) is 0 Å². The number of benzene rings is 1. The predicted octanol–water partition coefficient (Wildman–Crippen LogP) is 1.36. The Balaban J connectivity index is 2.28. The molecule has 1 aromatic rings. The molecule has 15 heavy (non-hydrogen) atoms. The van der Waals surface area contributed by atoms with Crippen molar-refractivity contribution in [1.82, 2.24) is 0 Å². The van der Waals surface area contributed by atoms with Gasteiger partial charge in [-0.25, -0.2) is 0 Å². The van der Waals surface area contributed by atoms with Crippen molar-refractivity contribution < 1.29 is 14.6 Å². The fraction of sp³-hybridized carbons (Fsp3) is 0.364. The second-order valence-corrected chi connectivity index (χ2v) is 3.49. The Labute approximate surface area is 88.1 Å². The molecule has 2 rings (SSSR count). The number of hydrogen-bond donors (Lipinski definition) is 1. The first-order valence-electron chi connectivity index (χ1n) is 4.96. The minimum atomic E-state index is -0.813. The van der Waals surface area contributed by atoms with E-state index in [4.69, 9.17) is 9.84 Å². The van der Waals surface area contributed by atoms with Crippen LogP contribution in [-0.4, -0.2) is 30.8 Å². The van der Waals surface area contributed by atoms with Crippen molar-refractivity contribution in [3.05, 3.63) is 24.3 Å². The van der Waals surface area contributed by atoms with Gasteiger partial charge in [0, 0.05) is 6.54 Å². The molecule has 0 spiro atoms. The molecule has 1 aliphatic rings. The molecule has 4 heteroatoms. The summed E-state index contributed by atoms with van der Waals surface area (Å²) in [6.45, 7) is 1.40. The lowest BCUT2D eigenvalue weighted by atomic mass is 10.2. The average Bonchev–Trinajstić information content (AvgIpc) is 2.41. The highest BCUT2D eigenvalue weighted by molar-refractivity contribution is 5.75. The molecule has 80 valence electrons. The fourth-order valence-corrected chi connectivity index (χ4v) is 1.73. The van der Waals surface area contributed by atoms with E-state index in [-0.39, 0.29) is 6.54 Å². The lowest BCUT2D eigenvalue weighted by Gasteiger charge is -2.21. The molecule has 0 saturated heterocycles. The summed E-state index contributed by atoms with van der Waals surface area (Å²) in [6.07, 6.45) is 0.849. The van der Waals surface area contributed by atoms with Crippen molar-refractivity contribution in [2.45, 2.75) is 6.42 Å². The minimum absolute atomic E-state index is 0.0281. The van der Waals surface area contributed by atoms with Gasteiger partial charge in [-0.1, -0.05) is 12.1 Å². The number of hydrogen-bond acceptors (Lipinski definition) is 3. The summed E-state index contributed by atoms with van der Waals surface area (Å²) < 4.78 is 5.53. The second-order valence-electron chi connectivity index (χ2n) is 3.49. The van der Waals surface area contributed by atoms with Gasteiger partial charge in [0.15, 0.2) is 0 Å². The molecule has 0 unspecified atom stereocenters. The molecule has 1 heterocycles. The van der Waals surface area contributed by atoms with E-state index in [1.807, 2.05) is 29.2 Å². The number of anilines is 1. The minimum Gasteiger partial charge on any atom is -0.491 e. The maximum absolute atomic E-state index is 10.7. The zero-order chi connectivity index (χ0) is 10.7. The summed E-state index contributed by atoms with van der Waals surface area (Å²) in [7, 11) is 0. The van der Waals surface area contributed by atoms with E-state index in [0.717, 1.165) is 24.4 Å². The molecule has 0 radical (unpaired) electrons. The van der Waals surface area contributed by atoms with Gasteiger partial charge in [-0.3, -0.25) is 4.79 Å². The van der Waals surface area contributed by atoms with Crippen LogP contribution in [0.4, 0.5) is 5.69 Å². The quantitative estimate of drug-likeness (QED) is 0.795. The van der Waals surface area contributed by atoms with Crippen LogP contribution in [0.25, 0.3) is 0 Å². The number of para-hydroxylation sites is 2. The first-order valence-corrected chi connectivity index (χ1v) is 4.96. The smallest absolute Gasteiger partial charge is 0.323 e. The highest BCUT2D eigenvalue weighted by Crippen LogP contribution is 2.29. The Hall–Kier alpha value is -1.71. The maximum atomic E-state index is 10.7. The van der Waals surface area contributed by atoms with Gasteiger partial charge in [0.05, 0.1) is 12.3 Å². The molecule has 0 fully saturated rings. The standard InChI is InChI=1S/C11H13NO3/c13-11(14)8-12-6-3-7-15-10-5-2-1-4-9(10)12/h1-2,4-5H,3,6-8H2,(H,13,14). The molecule has 1 aliphatic heterocycles. The Morgan fingerprint density at radius 1 is 1.47 bits per heavy atom. The summed E-state index contributed by atoms with van der Waals surface area (Å²) in [5.41, 5.74) is 0.873. The van der Waals surface area contributed by atoms with E-state index in [9.17, 15) is 4.79 Å². The van der Waals surface area contributed by atoms with Crippen LogP contribution >= 0.6 is 0 Å². The van der Waals surface area contributed by atoms with Crippen molar-refractivity contribution in [2.24, 2.45) is 0 Å². The second kappa shape index (κ2) is 4.21. The highest BCUT2D eigenvalue weighted by Gasteiger charge is 2.17. The van der Waals surface area contributed by atoms with Crippen molar-refractivity contribution in [1.29, 1.82) is 0 Å². The van der Waals surface area contributed by atoms with Crippen LogP contribution in [0.5, 0.6) is 5.75 Å². The van der Waals surface area contributed by atoms with E-state index in [1.54, 1.807) is 0 Å². The van der Waals surface area contributed by atoms with E-state index in [2.05, 4.69) is 0 Å². The summed E-state index contributed by atoms with van der Waals surface area (Å²) in [5.74, 6) is -0.0389.